The molecule has 0 saturated carbocycles. The van der Waals surface area contributed by atoms with Gasteiger partial charge in [0.2, 0.25) is 0 Å². The number of rotatable bonds is 6. The van der Waals surface area contributed by atoms with Crippen molar-refractivity contribution in [2.24, 2.45) is 0 Å². The smallest absolute Gasteiger partial charge is 0.252 e. The molecule has 0 bridgehead atoms. The topological polar surface area (TPSA) is 46.4 Å². The SMILES string of the molecule is CSN1c2cc3c(cc2B2c4cc5c(cc4N(SC)c4cc(-n6c7ccccc7c7ccccc76)cc1c42)N(SC)c1cc(-n2c4ccccc4c4ccccc42)cc2c1B5c1cccc4c5ccccc5n-2c14)B1c2c(cc(-n4c5ccccc5c5ccccc54)cc2-n2c4ccccc4c4cccc1c42)N3. The summed E-state index contributed by atoms with van der Waals surface area (Å²) < 4.78 is 20.5. The quantitative estimate of drug-likeness (QED) is 0.131. The summed E-state index contributed by atoms with van der Waals surface area (Å²) in [7, 11) is 0. The number of nitrogens with zero attached hydrogens (tertiary/aromatic N) is 8. The molecule has 26 rings (SSSR count). The van der Waals surface area contributed by atoms with Gasteiger partial charge in [0.05, 0.1) is 78.3 Å². The van der Waals surface area contributed by atoms with Crippen molar-refractivity contribution in [3.05, 3.63) is 291 Å². The summed E-state index contributed by atoms with van der Waals surface area (Å²) in [5.74, 6) is 0. The third kappa shape index (κ3) is 7.24. The lowest BCUT2D eigenvalue weighted by Gasteiger charge is -2.45. The maximum atomic E-state index is 4.32. The number of nitrogens with one attached hydrogen (secondary N) is 1. The highest BCUT2D eigenvalue weighted by Crippen LogP contribution is 2.50. The second-order valence-electron chi connectivity index (χ2n) is 29.8. The Labute approximate surface area is 634 Å². The van der Waals surface area contributed by atoms with Crippen LogP contribution in [0.25, 0.3) is 137 Å². The molecule has 6 aliphatic heterocycles. The molecule has 5 aromatic heterocycles. The summed E-state index contributed by atoms with van der Waals surface area (Å²) >= 11 is 5.42. The number of fused-ring (bicyclic) bond motifs is 27. The lowest BCUT2D eigenvalue weighted by molar-refractivity contribution is 1.14. The van der Waals surface area contributed by atoms with Crippen LogP contribution in [0.4, 0.5) is 45.5 Å². The maximum Gasteiger partial charge on any atom is 0.252 e. The van der Waals surface area contributed by atoms with Crippen LogP contribution < -0.4 is 67.4 Å². The average molecular weight is 1430 g/mol. The number of hydrogen-bond acceptors (Lipinski definition) is 7. The van der Waals surface area contributed by atoms with Gasteiger partial charge in [0.1, 0.15) is 0 Å². The molecule has 15 aromatic carbocycles. The zero-order valence-corrected chi connectivity index (χ0v) is 61.2. The average Bonchev–Trinajstić information content (AvgIpc) is 1.07. The van der Waals surface area contributed by atoms with E-state index in [1.54, 1.807) is 11.9 Å². The molecule has 11 heterocycles. The molecule has 15 heteroatoms. The van der Waals surface area contributed by atoms with Crippen molar-refractivity contribution in [1.29, 1.82) is 0 Å². The highest BCUT2D eigenvalue weighted by molar-refractivity contribution is 8.01. The van der Waals surface area contributed by atoms with Crippen molar-refractivity contribution < 1.29 is 0 Å². The molecule has 9 nitrogen and oxygen atoms in total. The second kappa shape index (κ2) is 21.1. The van der Waals surface area contributed by atoms with Crippen molar-refractivity contribution in [3.63, 3.8) is 0 Å². The molecule has 502 valence electrons. The molecule has 0 aliphatic carbocycles. The van der Waals surface area contributed by atoms with Crippen LogP contribution in [0.5, 0.6) is 0 Å². The maximum absolute atomic E-state index is 4.32. The van der Waals surface area contributed by atoms with Crippen LogP contribution >= 0.6 is 35.8 Å². The first kappa shape index (κ1) is 59.0. The van der Waals surface area contributed by atoms with Gasteiger partial charge in [-0.05, 0) is 182 Å². The van der Waals surface area contributed by atoms with E-state index >= 15 is 0 Å². The molecule has 6 aliphatic rings. The lowest BCUT2D eigenvalue weighted by Crippen LogP contribution is -2.66. The van der Waals surface area contributed by atoms with Crippen molar-refractivity contribution in [2.45, 2.75) is 0 Å². The highest BCUT2D eigenvalue weighted by atomic mass is 32.2. The van der Waals surface area contributed by atoms with E-state index in [0.717, 1.165) is 28.4 Å². The fraction of sp³-hybridized carbons (Fsp3) is 0.0323. The number of benzene rings is 15. The Morgan fingerprint density at radius 1 is 0.222 bits per heavy atom. The van der Waals surface area contributed by atoms with E-state index in [4.69, 9.17) is 0 Å². The van der Waals surface area contributed by atoms with Gasteiger partial charge in [0.15, 0.2) is 0 Å². The van der Waals surface area contributed by atoms with Gasteiger partial charge in [-0.15, -0.1) is 0 Å². The van der Waals surface area contributed by atoms with Crippen molar-refractivity contribution >= 4 is 260 Å². The van der Waals surface area contributed by atoms with Crippen LogP contribution in [-0.4, -0.2) is 61.7 Å². The summed E-state index contributed by atoms with van der Waals surface area (Å²) in [5, 5.41) is 16.9. The summed E-state index contributed by atoms with van der Waals surface area (Å²) in [6, 6.07) is 112. The van der Waals surface area contributed by atoms with Gasteiger partial charge < -0.3 is 28.2 Å². The molecule has 0 unspecified atom stereocenters. The minimum atomic E-state index is -0.189. The second-order valence-corrected chi connectivity index (χ2v) is 32.0. The standard InChI is InChI=1S/C93H58B3N9S3/c1-106-103-81-50-71-67(94-65-32-20-30-63-61-28-10-18-40-79(61)101(92(63)65)84-43-52(42-72(97-71)89(84)94)98-73-34-12-4-22-55(73)56-23-5-13-35-74(56)98)48-68(81)96-70-49-69-82(51-83(70)105(108-3)88-47-54(46-87(103)91(88)96)100-77-38-16-8-26-59(77)60-27-9-17-39-78(60)100)104(107-2)86-45-53(99-75-36-14-6-24-57(75)58-25-7-15-37-76(58)99)44-85-90(86)95(69)66-33-21-31-64-62-29-11-19-41-80(62)102(85)93(64)66/h4-51,97H,1-3H3. The van der Waals surface area contributed by atoms with Crippen LogP contribution in [0.1, 0.15) is 0 Å². The molecule has 1 N–H and O–H groups in total. The van der Waals surface area contributed by atoms with Crippen molar-refractivity contribution in [3.8, 4) is 28.4 Å². The van der Waals surface area contributed by atoms with Gasteiger partial charge in [-0.25, -0.2) is 0 Å². The largest absolute Gasteiger partial charge is 0.356 e. The number of anilines is 8. The number of para-hydroxylation sites is 10. The van der Waals surface area contributed by atoms with Gasteiger partial charge in [-0.2, -0.15) is 0 Å². The summed E-state index contributed by atoms with van der Waals surface area (Å²) in [6.45, 7) is -0.402. The van der Waals surface area contributed by atoms with Crippen LogP contribution in [0, 0.1) is 0 Å². The van der Waals surface area contributed by atoms with E-state index in [9.17, 15) is 0 Å². The molecular formula is C93H58B3N9S3. The minimum absolute atomic E-state index is 0.105. The Morgan fingerprint density at radius 2 is 0.509 bits per heavy atom. The van der Waals surface area contributed by atoms with Gasteiger partial charge in [-0.3, -0.25) is 12.9 Å². The first-order chi connectivity index (χ1) is 53.5. The van der Waals surface area contributed by atoms with Gasteiger partial charge in [0.25, 0.3) is 20.1 Å². The van der Waals surface area contributed by atoms with Crippen LogP contribution in [0.3, 0.4) is 0 Å². The summed E-state index contributed by atoms with van der Waals surface area (Å²) in [4.78, 5) is 0. The highest BCUT2D eigenvalue weighted by Gasteiger charge is 2.50. The first-order valence-corrected chi connectivity index (χ1v) is 40.7. The lowest BCUT2D eigenvalue weighted by atomic mass is 9.29. The van der Waals surface area contributed by atoms with E-state index < -0.39 is 0 Å². The third-order valence-electron chi connectivity index (χ3n) is 25.1. The first-order valence-electron chi connectivity index (χ1n) is 37.2. The Balaban J connectivity index is 0.759. The Morgan fingerprint density at radius 3 is 0.898 bits per heavy atom. The fourth-order valence-corrected chi connectivity index (χ4v) is 23.2. The zero-order valence-electron chi connectivity index (χ0n) is 58.7. The molecule has 0 amide bonds. The number of aromatic nitrogens is 5. The minimum Gasteiger partial charge on any atom is -0.356 e. The summed E-state index contributed by atoms with van der Waals surface area (Å²) in [5.41, 5.74) is 39.2. The molecule has 0 radical (unpaired) electrons. The van der Waals surface area contributed by atoms with Gasteiger partial charge >= 0.3 is 0 Å². The Kier molecular flexibility index (Phi) is 11.5. The third-order valence-corrected chi connectivity index (χ3v) is 27.3. The molecule has 0 saturated heterocycles. The van der Waals surface area contributed by atoms with Gasteiger partial charge in [-0.1, -0.05) is 194 Å². The van der Waals surface area contributed by atoms with Crippen LogP contribution in [-0.2, 0) is 0 Å². The zero-order chi connectivity index (χ0) is 70.4. The molecule has 0 spiro atoms. The van der Waals surface area contributed by atoms with E-state index in [-0.39, 0.29) is 20.1 Å². The molecule has 0 fully saturated rings. The molecule has 20 aromatic rings. The number of hydrogen-bond donors (Lipinski definition) is 1. The Bertz CT molecular complexity index is 7430. The van der Waals surface area contributed by atoms with Crippen LogP contribution in [0.2, 0.25) is 0 Å². The van der Waals surface area contributed by atoms with Crippen molar-refractivity contribution in [1.82, 2.24) is 22.8 Å². The molecular weight excluding hydrogens is 1370 g/mol. The van der Waals surface area contributed by atoms with E-state index in [1.807, 2.05) is 23.9 Å². The molecule has 108 heavy (non-hydrogen) atoms. The van der Waals surface area contributed by atoms with Gasteiger partial charge in [0, 0.05) is 123 Å². The van der Waals surface area contributed by atoms with Crippen molar-refractivity contribution in [2.75, 3.05) is 37.0 Å². The Hall–Kier alpha value is -12.3. The molecule has 0 atom stereocenters. The monoisotopic (exact) mass is 1430 g/mol. The fourth-order valence-electron chi connectivity index (χ4n) is 21.1. The summed E-state index contributed by atoms with van der Waals surface area (Å²) in [6.07, 6.45) is 6.84. The van der Waals surface area contributed by atoms with E-state index in [0.29, 0.717) is 0 Å². The van der Waals surface area contributed by atoms with Crippen LogP contribution in [0.15, 0.2) is 291 Å². The normalized spacial score (nSPS) is 14.0. The van der Waals surface area contributed by atoms with E-state index in [2.05, 4.69) is 351 Å². The predicted octanol–water partition coefficient (Wildman–Crippen LogP) is 17.6. The predicted molar refractivity (Wildman–Crippen MR) is 468 cm³/mol. The van der Waals surface area contributed by atoms with E-state index in [1.165, 1.54) is 204 Å².